The highest BCUT2D eigenvalue weighted by molar-refractivity contribution is 9.10. The maximum absolute atomic E-state index is 11.7. The number of carbonyl (C=O) groups is 1. The number of morpholine rings is 1. The van der Waals surface area contributed by atoms with Crippen LogP contribution in [-0.4, -0.2) is 50.3 Å². The van der Waals surface area contributed by atoms with Crippen molar-refractivity contribution in [2.75, 3.05) is 39.4 Å². The number of rotatable bonds is 6. The Morgan fingerprint density at radius 3 is 2.86 bits per heavy atom. The lowest BCUT2D eigenvalue weighted by Crippen LogP contribution is -2.39. The lowest BCUT2D eigenvalue weighted by molar-refractivity contribution is 0.0375. The van der Waals surface area contributed by atoms with Crippen LogP contribution in [0.5, 0.6) is 0 Å². The minimum atomic E-state index is -0.176. The molecular weight excluding hydrogens is 346 g/mol. The van der Waals surface area contributed by atoms with Gasteiger partial charge in [0.1, 0.15) is 0 Å². The Bertz CT molecular complexity index is 502. The topological polar surface area (TPSA) is 53.6 Å². The molecule has 2 amide bonds. The molecule has 2 rings (SSSR count). The highest BCUT2D eigenvalue weighted by Crippen LogP contribution is 2.16. The summed E-state index contributed by atoms with van der Waals surface area (Å²) in [4.78, 5) is 14.0. The van der Waals surface area contributed by atoms with E-state index in [-0.39, 0.29) is 6.03 Å². The summed E-state index contributed by atoms with van der Waals surface area (Å²) in [6.07, 6.45) is 4.45. The van der Waals surface area contributed by atoms with E-state index in [1.54, 1.807) is 6.20 Å². The van der Waals surface area contributed by atoms with E-state index in [4.69, 9.17) is 4.74 Å². The summed E-state index contributed by atoms with van der Waals surface area (Å²) in [5, 5.41) is 5.56. The third-order valence-corrected chi connectivity index (χ3v) is 4.15. The molecule has 22 heavy (non-hydrogen) atoms. The quantitative estimate of drug-likeness (QED) is 0.759. The standard InChI is InChI=1S/C16H22BrN3O2/c17-15-5-2-1-4-14(15)6-8-19-16(21)18-7-3-9-20-10-12-22-13-11-20/h1-2,4-6,8H,3,7,9-13H2,(H2,18,19,21)/b8-6+. The van der Waals surface area contributed by atoms with Gasteiger partial charge in [0.2, 0.25) is 0 Å². The van der Waals surface area contributed by atoms with E-state index in [2.05, 4.69) is 31.5 Å². The summed E-state index contributed by atoms with van der Waals surface area (Å²) < 4.78 is 6.30. The Balaban J connectivity index is 1.58. The van der Waals surface area contributed by atoms with Gasteiger partial charge in [0.05, 0.1) is 13.2 Å². The molecule has 5 nitrogen and oxygen atoms in total. The Morgan fingerprint density at radius 1 is 1.32 bits per heavy atom. The molecule has 0 saturated carbocycles. The van der Waals surface area contributed by atoms with Crippen molar-refractivity contribution in [1.29, 1.82) is 0 Å². The van der Waals surface area contributed by atoms with Gasteiger partial charge in [-0.2, -0.15) is 0 Å². The number of halogens is 1. The summed E-state index contributed by atoms with van der Waals surface area (Å²) in [5.74, 6) is 0. The second kappa shape index (κ2) is 9.61. The Labute approximate surface area is 139 Å². The van der Waals surface area contributed by atoms with Crippen molar-refractivity contribution in [2.45, 2.75) is 6.42 Å². The smallest absolute Gasteiger partial charge is 0.318 e. The molecule has 1 fully saturated rings. The fourth-order valence-electron chi connectivity index (χ4n) is 2.20. The summed E-state index contributed by atoms with van der Waals surface area (Å²) in [5.41, 5.74) is 1.02. The van der Waals surface area contributed by atoms with Crippen molar-refractivity contribution < 1.29 is 9.53 Å². The van der Waals surface area contributed by atoms with Gasteiger partial charge in [0, 0.05) is 30.3 Å². The van der Waals surface area contributed by atoms with Crippen LogP contribution in [0.1, 0.15) is 12.0 Å². The van der Waals surface area contributed by atoms with Crippen LogP contribution in [0.25, 0.3) is 6.08 Å². The van der Waals surface area contributed by atoms with Gasteiger partial charge in [-0.3, -0.25) is 4.90 Å². The van der Waals surface area contributed by atoms with Crippen LogP contribution in [0.3, 0.4) is 0 Å². The van der Waals surface area contributed by atoms with Crippen LogP contribution >= 0.6 is 15.9 Å². The van der Waals surface area contributed by atoms with E-state index in [0.717, 1.165) is 49.3 Å². The number of hydrogen-bond donors (Lipinski definition) is 2. The number of amides is 2. The maximum atomic E-state index is 11.7. The van der Waals surface area contributed by atoms with E-state index in [9.17, 15) is 4.79 Å². The lowest BCUT2D eigenvalue weighted by atomic mass is 10.2. The fraction of sp³-hybridized carbons (Fsp3) is 0.438. The van der Waals surface area contributed by atoms with Gasteiger partial charge in [-0.05, 0) is 30.7 Å². The largest absolute Gasteiger partial charge is 0.379 e. The molecule has 0 aliphatic carbocycles. The zero-order chi connectivity index (χ0) is 15.6. The molecule has 1 aliphatic rings. The number of benzene rings is 1. The van der Waals surface area contributed by atoms with Gasteiger partial charge in [-0.1, -0.05) is 34.1 Å². The lowest BCUT2D eigenvalue weighted by Gasteiger charge is -2.26. The number of hydrogen-bond acceptors (Lipinski definition) is 3. The molecule has 0 unspecified atom stereocenters. The Kier molecular flexibility index (Phi) is 7.42. The normalized spacial score (nSPS) is 15.9. The minimum absolute atomic E-state index is 0.176. The van der Waals surface area contributed by atoms with Crippen molar-refractivity contribution in [2.24, 2.45) is 0 Å². The van der Waals surface area contributed by atoms with Gasteiger partial charge in [-0.25, -0.2) is 4.79 Å². The highest BCUT2D eigenvalue weighted by atomic mass is 79.9. The third kappa shape index (κ3) is 6.17. The maximum Gasteiger partial charge on any atom is 0.318 e. The van der Waals surface area contributed by atoms with Crippen LogP contribution < -0.4 is 10.6 Å². The Hall–Kier alpha value is -1.37. The van der Waals surface area contributed by atoms with Crippen LogP contribution in [0.15, 0.2) is 34.9 Å². The summed E-state index contributed by atoms with van der Waals surface area (Å²) in [7, 11) is 0. The number of nitrogens with one attached hydrogen (secondary N) is 2. The van der Waals surface area contributed by atoms with Crippen molar-refractivity contribution in [3.05, 3.63) is 40.5 Å². The van der Waals surface area contributed by atoms with Crippen molar-refractivity contribution in [3.8, 4) is 0 Å². The molecule has 0 aromatic heterocycles. The first kappa shape index (κ1) is 17.0. The summed E-state index contributed by atoms with van der Waals surface area (Å²) in [6.45, 7) is 5.27. The van der Waals surface area contributed by atoms with E-state index in [1.807, 2.05) is 30.3 Å². The molecule has 0 spiro atoms. The molecule has 0 bridgehead atoms. The van der Waals surface area contributed by atoms with Gasteiger partial charge in [-0.15, -0.1) is 0 Å². The van der Waals surface area contributed by atoms with Gasteiger partial charge in [0.15, 0.2) is 0 Å². The van der Waals surface area contributed by atoms with E-state index in [0.29, 0.717) is 6.54 Å². The number of urea groups is 1. The molecule has 1 saturated heterocycles. The Morgan fingerprint density at radius 2 is 2.09 bits per heavy atom. The molecule has 0 atom stereocenters. The second-order valence-corrected chi connectivity index (χ2v) is 5.92. The van der Waals surface area contributed by atoms with Crippen LogP contribution in [0.4, 0.5) is 4.79 Å². The third-order valence-electron chi connectivity index (χ3n) is 3.42. The van der Waals surface area contributed by atoms with Gasteiger partial charge >= 0.3 is 6.03 Å². The molecule has 1 heterocycles. The molecule has 120 valence electrons. The monoisotopic (exact) mass is 367 g/mol. The van der Waals surface area contributed by atoms with Crippen molar-refractivity contribution in [1.82, 2.24) is 15.5 Å². The first-order chi connectivity index (χ1) is 10.8. The molecule has 1 aliphatic heterocycles. The number of nitrogens with zero attached hydrogens (tertiary/aromatic N) is 1. The van der Waals surface area contributed by atoms with Crippen molar-refractivity contribution >= 4 is 28.0 Å². The van der Waals surface area contributed by atoms with Crippen molar-refractivity contribution in [3.63, 3.8) is 0 Å². The number of carbonyl (C=O) groups excluding carboxylic acids is 1. The van der Waals surface area contributed by atoms with Gasteiger partial charge < -0.3 is 15.4 Å². The first-order valence-electron chi connectivity index (χ1n) is 7.51. The summed E-state index contributed by atoms with van der Waals surface area (Å²) >= 11 is 3.46. The SMILES string of the molecule is O=C(N/C=C/c1ccccc1Br)NCCCN1CCOCC1. The predicted molar refractivity (Wildman–Crippen MR) is 91.6 cm³/mol. The molecule has 1 aromatic carbocycles. The predicted octanol–water partition coefficient (Wildman–Crippen LogP) is 2.44. The van der Waals surface area contributed by atoms with E-state index >= 15 is 0 Å². The molecule has 2 N–H and O–H groups in total. The van der Waals surface area contributed by atoms with Gasteiger partial charge in [0.25, 0.3) is 0 Å². The molecular formula is C16H22BrN3O2. The number of ether oxygens (including phenoxy) is 1. The molecule has 6 heteroatoms. The zero-order valence-corrected chi connectivity index (χ0v) is 14.1. The molecule has 0 radical (unpaired) electrons. The fourth-order valence-corrected chi connectivity index (χ4v) is 2.61. The zero-order valence-electron chi connectivity index (χ0n) is 12.6. The van der Waals surface area contributed by atoms with Crippen LogP contribution in [0.2, 0.25) is 0 Å². The highest BCUT2D eigenvalue weighted by Gasteiger charge is 2.09. The van der Waals surface area contributed by atoms with E-state index < -0.39 is 0 Å². The summed E-state index contributed by atoms with van der Waals surface area (Å²) in [6, 6.07) is 7.67. The van der Waals surface area contributed by atoms with Crippen LogP contribution in [-0.2, 0) is 4.74 Å². The second-order valence-electron chi connectivity index (χ2n) is 5.06. The minimum Gasteiger partial charge on any atom is -0.379 e. The van der Waals surface area contributed by atoms with E-state index in [1.165, 1.54) is 0 Å². The average Bonchev–Trinajstić information content (AvgIpc) is 2.54. The first-order valence-corrected chi connectivity index (χ1v) is 8.30. The van der Waals surface area contributed by atoms with Crippen LogP contribution in [0, 0.1) is 0 Å². The molecule has 1 aromatic rings. The average molecular weight is 368 g/mol.